The maximum absolute atomic E-state index is 13.5. The van der Waals surface area contributed by atoms with Crippen LogP contribution in [-0.4, -0.2) is 50.5 Å². The van der Waals surface area contributed by atoms with E-state index in [1.165, 1.54) is 17.0 Å². The van der Waals surface area contributed by atoms with E-state index in [1.807, 2.05) is 6.92 Å². The third-order valence-corrected chi connectivity index (χ3v) is 7.08. The number of benzene rings is 2. The molecule has 0 aromatic heterocycles. The Labute approximate surface area is 209 Å². The smallest absolute Gasteiger partial charge is 0.244 e. The first-order valence-electron chi connectivity index (χ1n) is 11.1. The van der Waals surface area contributed by atoms with Crippen molar-refractivity contribution in [1.82, 2.24) is 10.2 Å². The Hall–Kier alpha value is -2.46. The number of halogens is 2. The molecular formula is C24H31BrFN3O4S. The van der Waals surface area contributed by atoms with Gasteiger partial charge in [-0.25, -0.2) is 12.8 Å². The van der Waals surface area contributed by atoms with E-state index in [4.69, 9.17) is 0 Å². The first-order chi connectivity index (χ1) is 16.1. The number of nitrogens with one attached hydrogen (secondary N) is 1. The molecule has 0 aliphatic rings. The first kappa shape index (κ1) is 27.8. The normalized spacial score (nSPS) is 12.1. The van der Waals surface area contributed by atoms with E-state index in [1.54, 1.807) is 43.3 Å². The van der Waals surface area contributed by atoms with Gasteiger partial charge in [0, 0.05) is 17.6 Å². The average Bonchev–Trinajstić information content (AvgIpc) is 2.78. The van der Waals surface area contributed by atoms with Crippen LogP contribution in [0.1, 0.15) is 38.7 Å². The summed E-state index contributed by atoms with van der Waals surface area (Å²) >= 11 is 3.35. The van der Waals surface area contributed by atoms with E-state index < -0.39 is 34.3 Å². The van der Waals surface area contributed by atoms with Crippen LogP contribution in [-0.2, 0) is 26.2 Å². The average molecular weight is 556 g/mol. The summed E-state index contributed by atoms with van der Waals surface area (Å²) in [5.74, 6) is -1.26. The molecule has 1 atom stereocenters. The Bertz CT molecular complexity index is 1080. The minimum Gasteiger partial charge on any atom is -0.354 e. The summed E-state index contributed by atoms with van der Waals surface area (Å²) in [6.07, 6.45) is 3.07. The maximum Gasteiger partial charge on any atom is 0.244 e. The lowest BCUT2D eigenvalue weighted by Gasteiger charge is -2.33. The van der Waals surface area contributed by atoms with Gasteiger partial charge in [-0.3, -0.25) is 13.9 Å². The summed E-state index contributed by atoms with van der Waals surface area (Å²) in [7, 11) is -3.81. The fourth-order valence-electron chi connectivity index (χ4n) is 3.46. The van der Waals surface area contributed by atoms with E-state index in [-0.39, 0.29) is 12.5 Å². The highest BCUT2D eigenvalue weighted by molar-refractivity contribution is 9.10. The fraction of sp³-hybridized carbons (Fsp3) is 0.417. The van der Waals surface area contributed by atoms with Crippen LogP contribution < -0.4 is 9.62 Å². The van der Waals surface area contributed by atoms with Gasteiger partial charge in [-0.2, -0.15) is 0 Å². The van der Waals surface area contributed by atoms with Gasteiger partial charge in [-0.05, 0) is 58.6 Å². The summed E-state index contributed by atoms with van der Waals surface area (Å²) in [6, 6.07) is 11.5. The van der Waals surface area contributed by atoms with Crippen LogP contribution in [0.25, 0.3) is 0 Å². The lowest BCUT2D eigenvalue weighted by Crippen LogP contribution is -2.52. The highest BCUT2D eigenvalue weighted by Crippen LogP contribution is 2.28. The van der Waals surface area contributed by atoms with Gasteiger partial charge in [-0.15, -0.1) is 0 Å². The van der Waals surface area contributed by atoms with Crippen molar-refractivity contribution in [3.63, 3.8) is 0 Å². The van der Waals surface area contributed by atoms with Crippen LogP contribution in [0.4, 0.5) is 10.1 Å². The molecule has 0 heterocycles. The van der Waals surface area contributed by atoms with Gasteiger partial charge in [0.2, 0.25) is 21.8 Å². The van der Waals surface area contributed by atoms with E-state index >= 15 is 0 Å². The van der Waals surface area contributed by atoms with E-state index in [2.05, 4.69) is 21.2 Å². The molecule has 10 heteroatoms. The van der Waals surface area contributed by atoms with Crippen LogP contribution in [0.3, 0.4) is 0 Å². The third-order valence-electron chi connectivity index (χ3n) is 5.28. The number of hydrogen-bond acceptors (Lipinski definition) is 4. The molecule has 2 aromatic rings. The number of carbonyl (C=O) groups excluding carboxylic acids is 2. The molecule has 34 heavy (non-hydrogen) atoms. The molecule has 0 fully saturated rings. The summed E-state index contributed by atoms with van der Waals surface area (Å²) in [5.41, 5.74) is 0.946. The lowest BCUT2D eigenvalue weighted by molar-refractivity contribution is -0.140. The monoisotopic (exact) mass is 555 g/mol. The standard InChI is InChI=1S/C24H31BrFN3O4S/c1-4-6-15-27-24(31)21(5-2)28(16-18-11-13-19(26)14-12-18)23(30)17-29(34(3,32)33)22-10-8-7-9-20(22)25/h7-14,21H,4-6,15-17H2,1-3H3,(H,27,31)/t21-/m0/s1. The highest BCUT2D eigenvalue weighted by Gasteiger charge is 2.32. The molecule has 2 aromatic carbocycles. The molecule has 0 spiro atoms. The number of unbranched alkanes of at least 4 members (excludes halogenated alkanes) is 1. The molecule has 0 aliphatic carbocycles. The second-order valence-corrected chi connectivity index (χ2v) is 10.7. The zero-order chi connectivity index (χ0) is 25.3. The molecule has 186 valence electrons. The second-order valence-electron chi connectivity index (χ2n) is 7.94. The summed E-state index contributed by atoms with van der Waals surface area (Å²) < 4.78 is 40.1. The summed E-state index contributed by atoms with van der Waals surface area (Å²) in [5, 5.41) is 2.86. The number of amides is 2. The maximum atomic E-state index is 13.5. The Morgan fingerprint density at radius 3 is 2.29 bits per heavy atom. The molecular weight excluding hydrogens is 525 g/mol. The SMILES string of the molecule is CCCCNC(=O)[C@H](CC)N(Cc1ccc(F)cc1)C(=O)CN(c1ccccc1Br)S(C)(=O)=O. The first-order valence-corrected chi connectivity index (χ1v) is 13.8. The molecule has 1 N–H and O–H groups in total. The Kier molecular flexibility index (Phi) is 10.5. The molecule has 2 amide bonds. The van der Waals surface area contributed by atoms with Crippen molar-refractivity contribution in [2.24, 2.45) is 0 Å². The molecule has 0 saturated carbocycles. The Morgan fingerprint density at radius 2 is 1.74 bits per heavy atom. The van der Waals surface area contributed by atoms with Gasteiger partial charge >= 0.3 is 0 Å². The van der Waals surface area contributed by atoms with Crippen molar-refractivity contribution in [3.8, 4) is 0 Å². The van der Waals surface area contributed by atoms with Gasteiger partial charge in [0.05, 0.1) is 11.9 Å². The van der Waals surface area contributed by atoms with Gasteiger partial charge in [0.1, 0.15) is 18.4 Å². The Balaban J connectivity index is 2.40. The van der Waals surface area contributed by atoms with Crippen molar-refractivity contribution >= 4 is 43.5 Å². The van der Waals surface area contributed by atoms with Crippen LogP contribution >= 0.6 is 15.9 Å². The molecule has 0 unspecified atom stereocenters. The minimum absolute atomic E-state index is 0.0341. The van der Waals surface area contributed by atoms with Gasteiger partial charge in [0.15, 0.2) is 0 Å². The topological polar surface area (TPSA) is 86.8 Å². The zero-order valence-corrected chi connectivity index (χ0v) is 22.0. The van der Waals surface area contributed by atoms with Crippen molar-refractivity contribution in [1.29, 1.82) is 0 Å². The molecule has 0 bridgehead atoms. The van der Waals surface area contributed by atoms with Gasteiger partial charge < -0.3 is 10.2 Å². The number of anilines is 1. The molecule has 2 rings (SSSR count). The third kappa shape index (κ3) is 7.80. The predicted octanol–water partition coefficient (Wildman–Crippen LogP) is 4.08. The van der Waals surface area contributed by atoms with Crippen LogP contribution in [0.15, 0.2) is 53.0 Å². The quantitative estimate of drug-likeness (QED) is 0.400. The van der Waals surface area contributed by atoms with Crippen LogP contribution in [0.5, 0.6) is 0 Å². The summed E-state index contributed by atoms with van der Waals surface area (Å²) in [4.78, 5) is 27.8. The molecule has 7 nitrogen and oxygen atoms in total. The van der Waals surface area contributed by atoms with Crippen molar-refractivity contribution in [2.45, 2.75) is 45.7 Å². The minimum atomic E-state index is -3.81. The van der Waals surface area contributed by atoms with Crippen LogP contribution in [0.2, 0.25) is 0 Å². The molecule has 0 saturated heterocycles. The summed E-state index contributed by atoms with van der Waals surface area (Å²) in [6.45, 7) is 3.83. The van der Waals surface area contributed by atoms with E-state index in [9.17, 15) is 22.4 Å². The number of rotatable bonds is 12. The predicted molar refractivity (Wildman–Crippen MR) is 135 cm³/mol. The number of nitrogens with zero attached hydrogens (tertiary/aromatic N) is 2. The van der Waals surface area contributed by atoms with Crippen molar-refractivity contribution in [2.75, 3.05) is 23.7 Å². The second kappa shape index (κ2) is 12.9. The van der Waals surface area contributed by atoms with Crippen molar-refractivity contribution in [3.05, 3.63) is 64.4 Å². The highest BCUT2D eigenvalue weighted by atomic mass is 79.9. The molecule has 0 aliphatic heterocycles. The zero-order valence-electron chi connectivity index (χ0n) is 19.6. The number of hydrogen-bond donors (Lipinski definition) is 1. The van der Waals surface area contributed by atoms with Crippen LogP contribution in [0, 0.1) is 5.82 Å². The largest absolute Gasteiger partial charge is 0.354 e. The van der Waals surface area contributed by atoms with Crippen molar-refractivity contribution < 1.29 is 22.4 Å². The lowest BCUT2D eigenvalue weighted by atomic mass is 10.1. The number of sulfonamides is 1. The van der Waals surface area contributed by atoms with E-state index in [0.29, 0.717) is 28.7 Å². The van der Waals surface area contributed by atoms with Gasteiger partial charge in [-0.1, -0.05) is 44.5 Å². The molecule has 0 radical (unpaired) electrons. The number of carbonyl (C=O) groups is 2. The fourth-order valence-corrected chi connectivity index (χ4v) is 4.94. The number of para-hydroxylation sites is 1. The van der Waals surface area contributed by atoms with E-state index in [0.717, 1.165) is 23.4 Å². The Morgan fingerprint density at radius 1 is 1.09 bits per heavy atom. The van der Waals surface area contributed by atoms with Gasteiger partial charge in [0.25, 0.3) is 0 Å².